The van der Waals surface area contributed by atoms with Crippen molar-refractivity contribution in [3.63, 3.8) is 0 Å². The molecule has 0 unspecified atom stereocenters. The number of hydrogen-bond acceptors (Lipinski definition) is 2. The normalized spacial score (nSPS) is 13.1. The van der Waals surface area contributed by atoms with Gasteiger partial charge in [0, 0.05) is 50.5 Å². The zero-order chi connectivity index (χ0) is 14.8. The first-order valence-corrected chi connectivity index (χ1v) is 7.31. The van der Waals surface area contributed by atoms with Crippen LogP contribution in [0.4, 0.5) is 8.78 Å². The molecule has 2 rings (SSSR count). The van der Waals surface area contributed by atoms with Crippen LogP contribution in [-0.2, 0) is 0 Å². The van der Waals surface area contributed by atoms with Crippen LogP contribution in [0.25, 0.3) is 0 Å². The van der Waals surface area contributed by atoms with E-state index in [2.05, 4.69) is 4.98 Å². The van der Waals surface area contributed by atoms with E-state index < -0.39 is 10.0 Å². The Morgan fingerprint density at radius 2 is 1.95 bits per heavy atom. The summed E-state index contributed by atoms with van der Waals surface area (Å²) < 4.78 is 29.7. The molecule has 2 nitrogen and oxygen atoms in total. The highest BCUT2D eigenvalue weighted by atomic mass is 127. The lowest BCUT2D eigenvalue weighted by Crippen LogP contribution is -2.25. The van der Waals surface area contributed by atoms with E-state index in [-0.39, 0.29) is 16.5 Å². The summed E-state index contributed by atoms with van der Waals surface area (Å²) in [6.45, 7) is 0. The summed E-state index contributed by atoms with van der Waals surface area (Å²) in [6.07, 6.45) is -0.0935. The number of pyridine rings is 1. The maximum atomic E-state index is 13.8. The number of hydrogen-bond donors (Lipinski definition) is 0. The van der Waals surface area contributed by atoms with Gasteiger partial charge >= 0.3 is 3.93 Å². The zero-order valence-electron chi connectivity index (χ0n) is 9.86. The van der Waals surface area contributed by atoms with Crippen molar-refractivity contribution < 1.29 is 13.5 Å². The first kappa shape index (κ1) is 15.7. The fraction of sp³-hybridized carbons (Fsp3) is 0.154. The molecule has 7 heteroatoms. The summed E-state index contributed by atoms with van der Waals surface area (Å²) in [7, 11) is 0. The molecule has 0 aliphatic rings. The fourth-order valence-corrected chi connectivity index (χ4v) is 2.53. The molecule has 0 aliphatic carbocycles. The van der Waals surface area contributed by atoms with E-state index in [1.807, 2.05) is 0 Å². The number of aromatic nitrogens is 1. The van der Waals surface area contributed by atoms with Crippen molar-refractivity contribution in [3.8, 4) is 5.88 Å². The summed E-state index contributed by atoms with van der Waals surface area (Å²) in [4.78, 5) is 3.88. The first-order chi connectivity index (χ1) is 9.38. The van der Waals surface area contributed by atoms with Gasteiger partial charge in [0.05, 0.1) is 0 Å². The molecular formula is C13H8Cl2F2INO. The zero-order valence-corrected chi connectivity index (χ0v) is 13.5. The molecule has 0 amide bonds. The molecule has 0 fully saturated rings. The number of nitrogens with zero attached hydrogens (tertiary/aromatic N) is 1. The third-order valence-electron chi connectivity index (χ3n) is 2.42. The summed E-state index contributed by atoms with van der Waals surface area (Å²) in [5.41, 5.74) is 0.154. The van der Waals surface area contributed by atoms with E-state index in [1.165, 1.54) is 30.5 Å². The molecule has 1 aromatic heterocycles. The Hall–Kier alpha value is -0.660. The second-order valence-corrected chi connectivity index (χ2v) is 6.16. The van der Waals surface area contributed by atoms with Crippen molar-refractivity contribution in [2.75, 3.05) is 0 Å². The number of alkyl halides is 3. The molecule has 1 atom stereocenters. The van der Waals surface area contributed by atoms with Gasteiger partial charge < -0.3 is 4.74 Å². The number of rotatable bonds is 4. The Morgan fingerprint density at radius 1 is 1.20 bits per heavy atom. The maximum Gasteiger partial charge on any atom is 0.336 e. The molecule has 0 spiro atoms. The highest BCUT2D eigenvalue weighted by Gasteiger charge is 2.41. The van der Waals surface area contributed by atoms with Gasteiger partial charge in [-0.15, -0.1) is 0 Å². The minimum Gasteiger partial charge on any atom is -0.462 e. The molecule has 0 saturated carbocycles. The first-order valence-electron chi connectivity index (χ1n) is 5.47. The minimum absolute atomic E-state index is 0.0971. The standard InChI is InChI=1S/C13H8Cl2F2INO/c14-8-4-5-9(10(15)7-8)12(13(16,17)18)20-11-3-1-2-6-19-11/h1-7,12H/t12-/m1/s1. The monoisotopic (exact) mass is 429 g/mol. The largest absolute Gasteiger partial charge is 0.462 e. The van der Waals surface area contributed by atoms with Gasteiger partial charge in [0.15, 0.2) is 6.10 Å². The molecule has 0 saturated heterocycles. The summed E-state index contributed by atoms with van der Waals surface area (Å²) in [5, 5.41) is 0.488. The van der Waals surface area contributed by atoms with Gasteiger partial charge in [0.2, 0.25) is 5.88 Å². The van der Waals surface area contributed by atoms with Gasteiger partial charge in [-0.2, -0.15) is 8.78 Å². The van der Waals surface area contributed by atoms with Gasteiger partial charge in [-0.1, -0.05) is 35.3 Å². The van der Waals surface area contributed by atoms with Gasteiger partial charge in [0.25, 0.3) is 0 Å². The maximum absolute atomic E-state index is 13.8. The highest BCUT2D eigenvalue weighted by Crippen LogP contribution is 2.42. The predicted molar refractivity (Wildman–Crippen MR) is 83.0 cm³/mol. The molecule has 0 bridgehead atoms. The molecule has 20 heavy (non-hydrogen) atoms. The molecule has 1 aromatic carbocycles. The molecule has 1 heterocycles. The topological polar surface area (TPSA) is 22.1 Å². The SMILES string of the molecule is FC(F)(I)[C@H](Oc1ccccn1)c1ccc(Cl)cc1Cl. The Labute approximate surface area is 138 Å². The summed E-state index contributed by atoms with van der Waals surface area (Å²) >= 11 is 12.8. The molecule has 0 aliphatic heterocycles. The number of benzene rings is 1. The lowest BCUT2D eigenvalue weighted by molar-refractivity contribution is -0.00722. The van der Waals surface area contributed by atoms with Crippen molar-refractivity contribution in [2.24, 2.45) is 0 Å². The van der Waals surface area contributed by atoms with Crippen molar-refractivity contribution in [1.29, 1.82) is 0 Å². The van der Waals surface area contributed by atoms with Gasteiger partial charge in [0.1, 0.15) is 0 Å². The lowest BCUT2D eigenvalue weighted by atomic mass is 10.1. The smallest absolute Gasteiger partial charge is 0.336 e. The molecule has 106 valence electrons. The van der Waals surface area contributed by atoms with Crippen LogP contribution in [0.2, 0.25) is 10.0 Å². The third-order valence-corrected chi connectivity index (χ3v) is 3.55. The molecular weight excluding hydrogens is 422 g/mol. The summed E-state index contributed by atoms with van der Waals surface area (Å²) in [6, 6.07) is 9.12. The van der Waals surface area contributed by atoms with Crippen LogP contribution in [0, 0.1) is 0 Å². The Bertz CT molecular complexity index is 593. The van der Waals surface area contributed by atoms with E-state index >= 15 is 0 Å². The van der Waals surface area contributed by atoms with E-state index in [0.29, 0.717) is 5.02 Å². The average Bonchev–Trinajstić information content (AvgIpc) is 2.37. The van der Waals surface area contributed by atoms with Crippen molar-refractivity contribution in [1.82, 2.24) is 4.98 Å². The van der Waals surface area contributed by atoms with E-state index in [9.17, 15) is 8.78 Å². The third kappa shape index (κ3) is 3.93. The van der Waals surface area contributed by atoms with Gasteiger partial charge in [-0.05, 0) is 18.2 Å². The molecule has 0 radical (unpaired) electrons. The second kappa shape index (κ2) is 6.41. The second-order valence-electron chi connectivity index (χ2n) is 3.87. The quantitative estimate of drug-likeness (QED) is 0.470. The highest BCUT2D eigenvalue weighted by molar-refractivity contribution is 14.1. The van der Waals surface area contributed by atoms with E-state index in [1.54, 1.807) is 12.1 Å². The average molecular weight is 430 g/mol. The van der Waals surface area contributed by atoms with Crippen LogP contribution in [0.1, 0.15) is 11.7 Å². The van der Waals surface area contributed by atoms with Crippen LogP contribution < -0.4 is 4.74 Å². The van der Waals surface area contributed by atoms with Crippen LogP contribution in [0.3, 0.4) is 0 Å². The predicted octanol–water partition coefficient (Wildman–Crippen LogP) is 5.54. The molecule has 2 aromatic rings. The van der Waals surface area contributed by atoms with Crippen LogP contribution >= 0.6 is 45.8 Å². The number of halogens is 5. The van der Waals surface area contributed by atoms with Crippen molar-refractivity contribution in [3.05, 3.63) is 58.2 Å². The lowest BCUT2D eigenvalue weighted by Gasteiger charge is -2.24. The van der Waals surface area contributed by atoms with Crippen LogP contribution in [0.15, 0.2) is 42.6 Å². The van der Waals surface area contributed by atoms with Crippen LogP contribution in [-0.4, -0.2) is 8.91 Å². The van der Waals surface area contributed by atoms with Gasteiger partial charge in [-0.25, -0.2) is 4.98 Å². The minimum atomic E-state index is -3.16. The fourth-order valence-electron chi connectivity index (χ4n) is 1.56. The summed E-state index contributed by atoms with van der Waals surface area (Å²) in [5.74, 6) is 0.0971. The Kier molecular flexibility index (Phi) is 5.04. The number of ether oxygens (including phenoxy) is 1. The van der Waals surface area contributed by atoms with Gasteiger partial charge in [-0.3, -0.25) is 0 Å². The Morgan fingerprint density at radius 3 is 2.50 bits per heavy atom. The van der Waals surface area contributed by atoms with Crippen LogP contribution in [0.5, 0.6) is 5.88 Å². The van der Waals surface area contributed by atoms with Crippen molar-refractivity contribution in [2.45, 2.75) is 10.0 Å². The van der Waals surface area contributed by atoms with Crippen molar-refractivity contribution >= 4 is 45.8 Å². The Balaban J connectivity index is 2.38. The van der Waals surface area contributed by atoms with E-state index in [0.717, 1.165) is 22.6 Å². The van der Waals surface area contributed by atoms with E-state index in [4.69, 9.17) is 27.9 Å². The molecule has 0 N–H and O–H groups in total.